The maximum absolute atomic E-state index is 4.29. The molecule has 4 nitrogen and oxygen atoms in total. The molecule has 1 N–H and O–H groups in total. The van der Waals surface area contributed by atoms with Crippen LogP contribution in [0.3, 0.4) is 0 Å². The second-order valence-corrected chi connectivity index (χ2v) is 4.13. The van der Waals surface area contributed by atoms with E-state index in [0.717, 1.165) is 17.2 Å². The van der Waals surface area contributed by atoms with E-state index in [9.17, 15) is 0 Å². The van der Waals surface area contributed by atoms with Crippen molar-refractivity contribution in [3.05, 3.63) is 36.4 Å². The molecule has 2 rings (SSSR count). The number of nitrogens with one attached hydrogen (secondary N) is 1. The summed E-state index contributed by atoms with van der Waals surface area (Å²) in [5.41, 5.74) is 2.10. The van der Waals surface area contributed by atoms with E-state index in [1.165, 1.54) is 0 Å². The average Bonchev–Trinajstić information content (AvgIpc) is 2.66. The van der Waals surface area contributed by atoms with E-state index in [0.29, 0.717) is 6.04 Å². The zero-order chi connectivity index (χ0) is 11.5. The maximum atomic E-state index is 4.29. The van der Waals surface area contributed by atoms with E-state index in [-0.39, 0.29) is 0 Å². The molecule has 0 atom stereocenters. The number of anilines is 2. The van der Waals surface area contributed by atoms with E-state index < -0.39 is 0 Å². The van der Waals surface area contributed by atoms with Gasteiger partial charge in [0, 0.05) is 24.6 Å². The molecule has 0 saturated carbocycles. The molecule has 2 aromatic rings. The topological polar surface area (TPSA) is 42.7 Å². The molecule has 2 heterocycles. The zero-order valence-electron chi connectivity index (χ0n) is 9.81. The third kappa shape index (κ3) is 2.21. The van der Waals surface area contributed by atoms with Gasteiger partial charge in [0.05, 0.1) is 11.9 Å². The summed E-state index contributed by atoms with van der Waals surface area (Å²) >= 11 is 0. The summed E-state index contributed by atoms with van der Waals surface area (Å²) in [5, 5.41) is 3.26. The van der Waals surface area contributed by atoms with E-state index in [4.69, 9.17) is 0 Å². The van der Waals surface area contributed by atoms with Gasteiger partial charge in [0.25, 0.3) is 0 Å². The van der Waals surface area contributed by atoms with Gasteiger partial charge in [-0.3, -0.25) is 4.98 Å². The van der Waals surface area contributed by atoms with Gasteiger partial charge < -0.3 is 9.88 Å². The lowest BCUT2D eigenvalue weighted by molar-refractivity contribution is 0.608. The van der Waals surface area contributed by atoms with Crippen LogP contribution in [0.4, 0.5) is 11.6 Å². The smallest absolute Gasteiger partial charge is 0.207 e. The van der Waals surface area contributed by atoms with Gasteiger partial charge in [-0.25, -0.2) is 4.98 Å². The molecule has 0 aromatic carbocycles. The molecule has 0 saturated heterocycles. The van der Waals surface area contributed by atoms with Gasteiger partial charge in [-0.05, 0) is 32.4 Å². The number of nitrogens with zero attached hydrogens (tertiary/aromatic N) is 3. The van der Waals surface area contributed by atoms with Gasteiger partial charge in [0.1, 0.15) is 0 Å². The minimum absolute atomic E-state index is 0.391. The van der Waals surface area contributed by atoms with Crippen molar-refractivity contribution in [1.29, 1.82) is 0 Å². The Labute approximate surface area is 95.4 Å². The van der Waals surface area contributed by atoms with Crippen LogP contribution < -0.4 is 5.32 Å². The van der Waals surface area contributed by atoms with E-state index in [2.05, 4.69) is 33.7 Å². The van der Waals surface area contributed by atoms with Gasteiger partial charge >= 0.3 is 0 Å². The van der Waals surface area contributed by atoms with Crippen molar-refractivity contribution in [3.8, 4) is 0 Å². The number of aryl methyl sites for hydroxylation is 1. The number of imidazole rings is 1. The molecule has 0 aliphatic heterocycles. The van der Waals surface area contributed by atoms with Crippen LogP contribution in [-0.2, 0) is 0 Å². The highest BCUT2D eigenvalue weighted by molar-refractivity contribution is 5.53. The predicted octanol–water partition coefficient (Wildman–Crippen LogP) is 2.91. The lowest BCUT2D eigenvalue weighted by Crippen LogP contribution is -2.05. The summed E-state index contributed by atoms with van der Waals surface area (Å²) in [6.07, 6.45) is 7.40. The Morgan fingerprint density at radius 2 is 2.12 bits per heavy atom. The Hall–Kier alpha value is -1.84. The largest absolute Gasteiger partial charge is 0.324 e. The summed E-state index contributed by atoms with van der Waals surface area (Å²) in [7, 11) is 0. The van der Waals surface area contributed by atoms with Crippen LogP contribution >= 0.6 is 0 Å². The van der Waals surface area contributed by atoms with Crippen molar-refractivity contribution in [1.82, 2.24) is 14.5 Å². The lowest BCUT2D eigenvalue weighted by Gasteiger charge is -2.12. The average molecular weight is 216 g/mol. The van der Waals surface area contributed by atoms with Crippen LogP contribution in [-0.4, -0.2) is 14.5 Å². The van der Waals surface area contributed by atoms with Crippen LogP contribution in [0, 0.1) is 6.92 Å². The predicted molar refractivity (Wildman–Crippen MR) is 64.9 cm³/mol. The van der Waals surface area contributed by atoms with E-state index in [1.807, 2.05) is 25.4 Å². The Kier molecular flexibility index (Phi) is 2.90. The Balaban J connectivity index is 2.24. The highest BCUT2D eigenvalue weighted by Crippen LogP contribution is 2.18. The zero-order valence-corrected chi connectivity index (χ0v) is 9.81. The van der Waals surface area contributed by atoms with E-state index in [1.54, 1.807) is 12.4 Å². The number of pyridine rings is 1. The molecule has 2 aromatic heterocycles. The molecule has 0 radical (unpaired) electrons. The first kappa shape index (κ1) is 10.7. The summed E-state index contributed by atoms with van der Waals surface area (Å²) in [6, 6.07) is 2.44. The van der Waals surface area contributed by atoms with Crippen LogP contribution in [0.5, 0.6) is 0 Å². The first-order valence-electron chi connectivity index (χ1n) is 5.38. The van der Waals surface area contributed by atoms with Gasteiger partial charge in [-0.15, -0.1) is 0 Å². The lowest BCUT2D eigenvalue weighted by atomic mass is 10.3. The fraction of sp³-hybridized carbons (Fsp3) is 0.333. The van der Waals surface area contributed by atoms with Crippen molar-refractivity contribution >= 4 is 11.6 Å². The standard InChI is InChI=1S/C12H16N4/c1-9(2)16-5-4-14-12(16)15-11-6-10(3)7-13-8-11/h4-9H,1-3H3,(H,14,15). The highest BCUT2D eigenvalue weighted by Gasteiger charge is 2.05. The molecule has 0 aliphatic carbocycles. The molecule has 0 unspecified atom stereocenters. The molecule has 0 amide bonds. The molecule has 0 bridgehead atoms. The quantitative estimate of drug-likeness (QED) is 0.857. The fourth-order valence-electron chi connectivity index (χ4n) is 1.58. The first-order chi connectivity index (χ1) is 7.66. The molecule has 0 aliphatic rings. The monoisotopic (exact) mass is 216 g/mol. The van der Waals surface area contributed by atoms with E-state index >= 15 is 0 Å². The third-order valence-corrected chi connectivity index (χ3v) is 2.36. The number of hydrogen-bond acceptors (Lipinski definition) is 3. The minimum Gasteiger partial charge on any atom is -0.324 e. The van der Waals surface area contributed by atoms with Gasteiger partial charge in [-0.2, -0.15) is 0 Å². The fourth-order valence-corrected chi connectivity index (χ4v) is 1.58. The molecule has 0 spiro atoms. The number of hydrogen-bond donors (Lipinski definition) is 1. The van der Waals surface area contributed by atoms with Crippen LogP contribution in [0.15, 0.2) is 30.9 Å². The second-order valence-electron chi connectivity index (χ2n) is 4.13. The Bertz CT molecular complexity index is 473. The molecule has 16 heavy (non-hydrogen) atoms. The number of aromatic nitrogens is 3. The van der Waals surface area contributed by atoms with Gasteiger partial charge in [-0.1, -0.05) is 0 Å². The minimum atomic E-state index is 0.391. The molecule has 0 fully saturated rings. The maximum Gasteiger partial charge on any atom is 0.207 e. The van der Waals surface area contributed by atoms with Crippen molar-refractivity contribution in [3.63, 3.8) is 0 Å². The van der Waals surface area contributed by atoms with Crippen molar-refractivity contribution in [2.75, 3.05) is 5.32 Å². The molecular weight excluding hydrogens is 200 g/mol. The molecular formula is C12H16N4. The summed E-state index contributed by atoms with van der Waals surface area (Å²) in [6.45, 7) is 6.27. The van der Waals surface area contributed by atoms with Crippen molar-refractivity contribution in [2.24, 2.45) is 0 Å². The molecule has 84 valence electrons. The Morgan fingerprint density at radius 3 is 2.81 bits per heavy atom. The van der Waals surface area contributed by atoms with Crippen LogP contribution in [0.2, 0.25) is 0 Å². The first-order valence-corrected chi connectivity index (χ1v) is 5.38. The van der Waals surface area contributed by atoms with Crippen molar-refractivity contribution < 1.29 is 0 Å². The normalized spacial score (nSPS) is 10.8. The number of rotatable bonds is 3. The third-order valence-electron chi connectivity index (χ3n) is 2.36. The summed E-state index contributed by atoms with van der Waals surface area (Å²) in [4.78, 5) is 8.43. The Morgan fingerprint density at radius 1 is 1.31 bits per heavy atom. The van der Waals surface area contributed by atoms with Crippen LogP contribution in [0.1, 0.15) is 25.5 Å². The van der Waals surface area contributed by atoms with Gasteiger partial charge in [0.15, 0.2) is 0 Å². The summed E-state index contributed by atoms with van der Waals surface area (Å²) < 4.78 is 2.09. The summed E-state index contributed by atoms with van der Waals surface area (Å²) in [5.74, 6) is 0.849. The SMILES string of the molecule is Cc1cncc(Nc2nccn2C(C)C)c1. The highest BCUT2D eigenvalue weighted by atomic mass is 15.2. The second kappa shape index (κ2) is 4.35. The molecule has 4 heteroatoms. The van der Waals surface area contributed by atoms with Crippen molar-refractivity contribution in [2.45, 2.75) is 26.8 Å². The van der Waals surface area contributed by atoms with Crippen LogP contribution in [0.25, 0.3) is 0 Å². The van der Waals surface area contributed by atoms with Gasteiger partial charge in [0.2, 0.25) is 5.95 Å².